The van der Waals surface area contributed by atoms with Gasteiger partial charge in [0.2, 0.25) is 6.79 Å². The number of rotatable bonds is 3. The van der Waals surface area contributed by atoms with Crippen molar-refractivity contribution in [2.24, 2.45) is 0 Å². The van der Waals surface area contributed by atoms with E-state index in [-0.39, 0.29) is 12.7 Å². The first kappa shape index (κ1) is 16.8. The SMILES string of the molecule is CC(C)(NC(=O)c1cc(Cl)c2c(c1)OCO2)c1ccc2c(c1)OCCO2. The zero-order valence-electron chi connectivity index (χ0n) is 14.4. The van der Waals surface area contributed by atoms with E-state index >= 15 is 0 Å². The molecule has 0 saturated heterocycles. The van der Waals surface area contributed by atoms with Gasteiger partial charge >= 0.3 is 0 Å². The molecule has 2 aromatic rings. The van der Waals surface area contributed by atoms with Gasteiger partial charge in [-0.25, -0.2) is 0 Å². The van der Waals surface area contributed by atoms with Gasteiger partial charge in [0.15, 0.2) is 23.0 Å². The number of benzene rings is 2. The molecule has 7 heteroatoms. The number of nitrogens with one attached hydrogen (secondary N) is 1. The molecule has 0 aliphatic carbocycles. The molecule has 26 heavy (non-hydrogen) atoms. The van der Waals surface area contributed by atoms with Crippen LogP contribution < -0.4 is 24.3 Å². The molecule has 2 aliphatic heterocycles. The van der Waals surface area contributed by atoms with Crippen molar-refractivity contribution in [1.29, 1.82) is 0 Å². The summed E-state index contributed by atoms with van der Waals surface area (Å²) in [6.07, 6.45) is 0. The summed E-state index contributed by atoms with van der Waals surface area (Å²) in [7, 11) is 0. The maximum Gasteiger partial charge on any atom is 0.252 e. The van der Waals surface area contributed by atoms with E-state index in [1.54, 1.807) is 12.1 Å². The topological polar surface area (TPSA) is 66.0 Å². The number of carbonyl (C=O) groups excluding carboxylic acids is 1. The van der Waals surface area contributed by atoms with E-state index in [1.165, 1.54) is 0 Å². The van der Waals surface area contributed by atoms with Gasteiger partial charge in [-0.15, -0.1) is 0 Å². The van der Waals surface area contributed by atoms with E-state index < -0.39 is 5.54 Å². The first-order chi connectivity index (χ1) is 12.4. The predicted octanol–water partition coefficient (Wildman–Crippen LogP) is 3.51. The lowest BCUT2D eigenvalue weighted by molar-refractivity contribution is 0.0911. The molecule has 0 saturated carbocycles. The van der Waals surface area contributed by atoms with Crippen LogP contribution in [-0.2, 0) is 5.54 Å². The van der Waals surface area contributed by atoms with Crippen LogP contribution in [0.25, 0.3) is 0 Å². The second-order valence-electron chi connectivity index (χ2n) is 6.63. The fraction of sp³-hybridized carbons (Fsp3) is 0.316. The number of amides is 1. The number of fused-ring (bicyclic) bond motifs is 2. The Morgan fingerprint density at radius 1 is 1.00 bits per heavy atom. The minimum Gasteiger partial charge on any atom is -0.486 e. The average Bonchev–Trinajstić information content (AvgIpc) is 3.10. The molecule has 0 bridgehead atoms. The molecule has 6 nitrogen and oxygen atoms in total. The van der Waals surface area contributed by atoms with Crippen molar-refractivity contribution in [3.05, 3.63) is 46.5 Å². The van der Waals surface area contributed by atoms with Crippen LogP contribution in [0.5, 0.6) is 23.0 Å². The molecule has 0 aromatic heterocycles. The Hall–Kier alpha value is -2.60. The third-order valence-electron chi connectivity index (χ3n) is 4.38. The van der Waals surface area contributed by atoms with Gasteiger partial charge in [0.1, 0.15) is 13.2 Å². The van der Waals surface area contributed by atoms with E-state index in [2.05, 4.69) is 5.32 Å². The maximum absolute atomic E-state index is 12.8. The fourth-order valence-corrected chi connectivity index (χ4v) is 3.22. The molecule has 2 aromatic carbocycles. The summed E-state index contributed by atoms with van der Waals surface area (Å²) in [4.78, 5) is 12.8. The molecule has 0 spiro atoms. The van der Waals surface area contributed by atoms with Gasteiger partial charge < -0.3 is 24.3 Å². The van der Waals surface area contributed by atoms with Gasteiger partial charge in [-0.3, -0.25) is 4.79 Å². The number of halogens is 1. The van der Waals surface area contributed by atoms with Crippen molar-refractivity contribution in [1.82, 2.24) is 5.32 Å². The average molecular weight is 376 g/mol. The van der Waals surface area contributed by atoms with Crippen molar-refractivity contribution in [3.63, 3.8) is 0 Å². The Bertz CT molecular complexity index is 880. The molecular weight excluding hydrogens is 358 g/mol. The summed E-state index contributed by atoms with van der Waals surface area (Å²) in [5.41, 5.74) is 0.683. The van der Waals surface area contributed by atoms with Crippen LogP contribution in [0.2, 0.25) is 5.02 Å². The number of carbonyl (C=O) groups is 1. The quantitative estimate of drug-likeness (QED) is 0.889. The molecule has 0 atom stereocenters. The van der Waals surface area contributed by atoms with Crippen molar-refractivity contribution in [3.8, 4) is 23.0 Å². The first-order valence-corrected chi connectivity index (χ1v) is 8.64. The molecule has 2 heterocycles. The lowest BCUT2D eigenvalue weighted by Gasteiger charge is -2.29. The third-order valence-corrected chi connectivity index (χ3v) is 4.66. The lowest BCUT2D eigenvalue weighted by Crippen LogP contribution is -2.41. The normalized spacial score (nSPS) is 14.9. The van der Waals surface area contributed by atoms with Gasteiger partial charge in [0.05, 0.1) is 10.6 Å². The van der Waals surface area contributed by atoms with Crippen LogP contribution >= 0.6 is 11.6 Å². The monoisotopic (exact) mass is 375 g/mol. The van der Waals surface area contributed by atoms with E-state index in [1.807, 2.05) is 32.0 Å². The highest BCUT2D eigenvalue weighted by molar-refractivity contribution is 6.32. The van der Waals surface area contributed by atoms with Gasteiger partial charge in [-0.2, -0.15) is 0 Å². The zero-order valence-corrected chi connectivity index (χ0v) is 15.2. The highest BCUT2D eigenvalue weighted by Gasteiger charge is 2.27. The minimum absolute atomic E-state index is 0.100. The largest absolute Gasteiger partial charge is 0.486 e. The molecule has 4 rings (SSSR count). The van der Waals surface area contributed by atoms with Crippen molar-refractivity contribution < 1.29 is 23.7 Å². The zero-order chi connectivity index (χ0) is 18.3. The van der Waals surface area contributed by atoms with Crippen molar-refractivity contribution in [2.75, 3.05) is 20.0 Å². The van der Waals surface area contributed by atoms with E-state index in [0.717, 1.165) is 5.56 Å². The molecule has 0 unspecified atom stereocenters. The maximum atomic E-state index is 12.8. The van der Waals surface area contributed by atoms with Crippen LogP contribution in [0.4, 0.5) is 0 Å². The number of hydrogen-bond donors (Lipinski definition) is 1. The Balaban J connectivity index is 1.58. The van der Waals surface area contributed by atoms with Crippen LogP contribution in [0.15, 0.2) is 30.3 Å². The van der Waals surface area contributed by atoms with Crippen LogP contribution in [0, 0.1) is 0 Å². The van der Waals surface area contributed by atoms with E-state index in [9.17, 15) is 4.79 Å². The molecule has 2 aliphatic rings. The van der Waals surface area contributed by atoms with Crippen molar-refractivity contribution >= 4 is 17.5 Å². The minimum atomic E-state index is -0.629. The highest BCUT2D eigenvalue weighted by Crippen LogP contribution is 2.40. The molecule has 1 amide bonds. The summed E-state index contributed by atoms with van der Waals surface area (Å²) in [6, 6.07) is 8.87. The van der Waals surface area contributed by atoms with Gasteiger partial charge in [-0.05, 0) is 43.7 Å². The fourth-order valence-electron chi connectivity index (χ4n) is 2.96. The van der Waals surface area contributed by atoms with Crippen molar-refractivity contribution in [2.45, 2.75) is 19.4 Å². The van der Waals surface area contributed by atoms with Gasteiger partial charge in [0.25, 0.3) is 5.91 Å². The summed E-state index contributed by atoms with van der Waals surface area (Å²) in [6.45, 7) is 4.99. The Morgan fingerprint density at radius 2 is 1.77 bits per heavy atom. The summed E-state index contributed by atoms with van der Waals surface area (Å²) >= 11 is 6.17. The molecule has 0 radical (unpaired) electrons. The second-order valence-corrected chi connectivity index (χ2v) is 7.04. The molecule has 1 N–H and O–H groups in total. The number of hydrogen-bond acceptors (Lipinski definition) is 5. The lowest BCUT2D eigenvalue weighted by atomic mass is 9.93. The smallest absolute Gasteiger partial charge is 0.252 e. The summed E-state index contributed by atoms with van der Waals surface area (Å²) in [5, 5.41) is 3.37. The summed E-state index contributed by atoms with van der Waals surface area (Å²) in [5.74, 6) is 2.08. The number of ether oxygens (including phenoxy) is 4. The van der Waals surface area contributed by atoms with Gasteiger partial charge in [-0.1, -0.05) is 17.7 Å². The molecule has 0 fully saturated rings. The first-order valence-electron chi connectivity index (χ1n) is 8.26. The standard InChI is InChI=1S/C19H18ClNO5/c1-19(2,12-3-4-14-15(9-12)24-6-5-23-14)21-18(22)11-7-13(20)17-16(8-11)25-10-26-17/h3-4,7-9H,5-6,10H2,1-2H3,(H,21,22). The van der Waals surface area contributed by atoms with Crippen LogP contribution in [0.3, 0.4) is 0 Å². The third kappa shape index (κ3) is 3.01. The Kier molecular flexibility index (Phi) is 4.07. The highest BCUT2D eigenvalue weighted by atomic mass is 35.5. The molecular formula is C19H18ClNO5. The Labute approximate surface area is 156 Å². The molecule has 136 valence electrons. The van der Waals surface area contributed by atoms with E-state index in [0.29, 0.717) is 46.8 Å². The Morgan fingerprint density at radius 3 is 2.58 bits per heavy atom. The predicted molar refractivity (Wildman–Crippen MR) is 95.5 cm³/mol. The second kappa shape index (κ2) is 6.29. The van der Waals surface area contributed by atoms with E-state index in [4.69, 9.17) is 30.5 Å². The van der Waals surface area contributed by atoms with Crippen LogP contribution in [-0.4, -0.2) is 25.9 Å². The van der Waals surface area contributed by atoms with Gasteiger partial charge in [0, 0.05) is 5.56 Å². The van der Waals surface area contributed by atoms with Crippen LogP contribution in [0.1, 0.15) is 29.8 Å². The summed E-state index contributed by atoms with van der Waals surface area (Å²) < 4.78 is 21.8.